The minimum atomic E-state index is 0.654. The van der Waals surface area contributed by atoms with E-state index in [2.05, 4.69) is 4.98 Å². The van der Waals surface area contributed by atoms with E-state index in [1.165, 1.54) is 0 Å². The molecule has 1 aromatic carbocycles. The SMILES string of the molecule is COCCCOCCSc1nc2ccc(N)cc2o1. The zero-order chi connectivity index (χ0) is 13.5. The third-order valence-corrected chi connectivity index (χ3v) is 3.28. The highest BCUT2D eigenvalue weighted by molar-refractivity contribution is 7.99. The fraction of sp³-hybridized carbons (Fsp3) is 0.462. The van der Waals surface area contributed by atoms with Crippen LogP contribution in [0.2, 0.25) is 0 Å². The van der Waals surface area contributed by atoms with E-state index in [9.17, 15) is 0 Å². The molecule has 0 spiro atoms. The molecule has 0 fully saturated rings. The summed E-state index contributed by atoms with van der Waals surface area (Å²) in [6, 6.07) is 5.46. The summed E-state index contributed by atoms with van der Waals surface area (Å²) in [6.07, 6.45) is 0.920. The van der Waals surface area contributed by atoms with Crippen LogP contribution >= 0.6 is 11.8 Å². The molecule has 0 saturated heterocycles. The van der Waals surface area contributed by atoms with Crippen molar-refractivity contribution in [3.8, 4) is 0 Å². The summed E-state index contributed by atoms with van der Waals surface area (Å²) in [7, 11) is 1.69. The van der Waals surface area contributed by atoms with Crippen LogP contribution in [0.1, 0.15) is 6.42 Å². The van der Waals surface area contributed by atoms with Gasteiger partial charge in [0.15, 0.2) is 5.58 Å². The van der Waals surface area contributed by atoms with Gasteiger partial charge in [0.2, 0.25) is 0 Å². The van der Waals surface area contributed by atoms with Crippen molar-refractivity contribution in [3.05, 3.63) is 18.2 Å². The molecule has 5 nitrogen and oxygen atoms in total. The average Bonchev–Trinajstić information content (AvgIpc) is 2.79. The lowest BCUT2D eigenvalue weighted by atomic mass is 10.3. The van der Waals surface area contributed by atoms with Crippen LogP contribution < -0.4 is 5.73 Å². The van der Waals surface area contributed by atoms with Crippen LogP contribution in [0.3, 0.4) is 0 Å². The highest BCUT2D eigenvalue weighted by atomic mass is 32.2. The van der Waals surface area contributed by atoms with Crippen LogP contribution in [0, 0.1) is 0 Å². The quantitative estimate of drug-likeness (QED) is 0.456. The molecule has 104 valence electrons. The lowest BCUT2D eigenvalue weighted by Gasteiger charge is -2.01. The molecule has 0 unspecified atom stereocenters. The zero-order valence-electron chi connectivity index (χ0n) is 10.9. The van der Waals surface area contributed by atoms with E-state index in [0.29, 0.717) is 17.5 Å². The van der Waals surface area contributed by atoms with Crippen LogP contribution in [0.4, 0.5) is 5.69 Å². The van der Waals surface area contributed by atoms with Gasteiger partial charge < -0.3 is 19.6 Å². The predicted octanol–water partition coefficient (Wildman–Crippen LogP) is 2.56. The molecule has 6 heteroatoms. The van der Waals surface area contributed by atoms with Crippen molar-refractivity contribution in [3.63, 3.8) is 0 Å². The first-order chi connectivity index (χ1) is 9.29. The minimum absolute atomic E-state index is 0.654. The number of methoxy groups -OCH3 is 1. The number of hydrogen-bond acceptors (Lipinski definition) is 6. The second-order valence-electron chi connectivity index (χ2n) is 4.01. The molecular formula is C13H18N2O3S. The van der Waals surface area contributed by atoms with Gasteiger partial charge >= 0.3 is 0 Å². The van der Waals surface area contributed by atoms with E-state index in [1.807, 2.05) is 12.1 Å². The third-order valence-electron chi connectivity index (χ3n) is 2.48. The summed E-state index contributed by atoms with van der Waals surface area (Å²) in [5, 5.41) is 0.654. The Balaban J connectivity index is 1.72. The van der Waals surface area contributed by atoms with Gasteiger partial charge in [0.25, 0.3) is 5.22 Å². The van der Waals surface area contributed by atoms with Gasteiger partial charge in [0.05, 0.1) is 6.61 Å². The molecule has 0 radical (unpaired) electrons. The van der Waals surface area contributed by atoms with Crippen molar-refractivity contribution in [2.75, 3.05) is 38.4 Å². The molecule has 2 rings (SSSR count). The van der Waals surface area contributed by atoms with E-state index < -0.39 is 0 Å². The van der Waals surface area contributed by atoms with Crippen molar-refractivity contribution in [2.45, 2.75) is 11.6 Å². The number of ether oxygens (including phenoxy) is 2. The molecule has 1 aromatic heterocycles. The largest absolute Gasteiger partial charge is 0.431 e. The second-order valence-corrected chi connectivity index (χ2v) is 5.06. The minimum Gasteiger partial charge on any atom is -0.431 e. The number of aromatic nitrogens is 1. The Labute approximate surface area is 116 Å². The smallest absolute Gasteiger partial charge is 0.256 e. The summed E-state index contributed by atoms with van der Waals surface area (Å²) in [4.78, 5) is 4.37. The molecular weight excluding hydrogens is 264 g/mol. The second kappa shape index (κ2) is 7.37. The first kappa shape index (κ1) is 14.2. The number of nitrogens with two attached hydrogens (primary N) is 1. The maximum atomic E-state index is 5.69. The summed E-state index contributed by atoms with van der Waals surface area (Å²) in [5.74, 6) is 0.815. The van der Waals surface area contributed by atoms with Gasteiger partial charge in [-0.05, 0) is 18.6 Å². The van der Waals surface area contributed by atoms with E-state index in [-0.39, 0.29) is 0 Å². The van der Waals surface area contributed by atoms with Crippen LogP contribution in [0.25, 0.3) is 11.1 Å². The Morgan fingerprint density at radius 3 is 3.05 bits per heavy atom. The maximum Gasteiger partial charge on any atom is 0.256 e. The lowest BCUT2D eigenvalue weighted by molar-refractivity contribution is 0.113. The Morgan fingerprint density at radius 2 is 2.21 bits per heavy atom. The topological polar surface area (TPSA) is 70.5 Å². The van der Waals surface area contributed by atoms with Gasteiger partial charge in [-0.15, -0.1) is 0 Å². The Hall–Kier alpha value is -1.24. The third kappa shape index (κ3) is 4.41. The Morgan fingerprint density at radius 1 is 1.32 bits per heavy atom. The van der Waals surface area contributed by atoms with Gasteiger partial charge in [-0.1, -0.05) is 11.8 Å². The highest BCUT2D eigenvalue weighted by Crippen LogP contribution is 2.24. The number of hydrogen-bond donors (Lipinski definition) is 1. The normalized spacial score (nSPS) is 11.2. The van der Waals surface area contributed by atoms with Crippen LogP contribution in [0.15, 0.2) is 27.8 Å². The zero-order valence-corrected chi connectivity index (χ0v) is 11.7. The number of anilines is 1. The fourth-order valence-corrected chi connectivity index (χ4v) is 2.26. The summed E-state index contributed by atoms with van der Waals surface area (Å²) < 4.78 is 16.0. The molecule has 2 aromatic rings. The van der Waals surface area contributed by atoms with Crippen LogP contribution in [-0.4, -0.2) is 37.7 Å². The molecule has 0 atom stereocenters. The molecule has 0 aliphatic carbocycles. The number of nitrogens with zero attached hydrogens (tertiary/aromatic N) is 1. The highest BCUT2D eigenvalue weighted by Gasteiger charge is 2.06. The van der Waals surface area contributed by atoms with Gasteiger partial charge in [0, 0.05) is 37.8 Å². The predicted molar refractivity (Wildman–Crippen MR) is 76.5 cm³/mol. The fourth-order valence-electron chi connectivity index (χ4n) is 1.58. The van der Waals surface area contributed by atoms with Crippen molar-refractivity contribution in [1.29, 1.82) is 0 Å². The van der Waals surface area contributed by atoms with Crippen LogP contribution in [-0.2, 0) is 9.47 Å². The van der Waals surface area contributed by atoms with Crippen molar-refractivity contribution >= 4 is 28.5 Å². The number of oxazole rings is 1. The number of benzene rings is 1. The van der Waals surface area contributed by atoms with E-state index >= 15 is 0 Å². The Kier molecular flexibility index (Phi) is 5.50. The first-order valence-electron chi connectivity index (χ1n) is 6.15. The summed E-state index contributed by atoms with van der Waals surface area (Å²) in [6.45, 7) is 2.13. The number of nitrogen functional groups attached to an aromatic ring is 1. The molecule has 1 heterocycles. The molecule has 19 heavy (non-hydrogen) atoms. The summed E-state index contributed by atoms with van der Waals surface area (Å²) >= 11 is 1.54. The number of thioether (sulfide) groups is 1. The van der Waals surface area contributed by atoms with Gasteiger partial charge in [0.1, 0.15) is 5.52 Å². The average molecular weight is 282 g/mol. The molecule has 2 N–H and O–H groups in total. The molecule has 0 aliphatic rings. The van der Waals surface area contributed by atoms with Gasteiger partial charge in [-0.2, -0.15) is 0 Å². The van der Waals surface area contributed by atoms with Gasteiger partial charge in [-0.3, -0.25) is 0 Å². The number of fused-ring (bicyclic) bond motifs is 1. The molecule has 0 bridgehead atoms. The van der Waals surface area contributed by atoms with Gasteiger partial charge in [-0.25, -0.2) is 4.98 Å². The van der Waals surface area contributed by atoms with E-state index in [0.717, 1.165) is 36.5 Å². The maximum absolute atomic E-state index is 5.69. The number of rotatable bonds is 8. The lowest BCUT2D eigenvalue weighted by Crippen LogP contribution is -2.02. The van der Waals surface area contributed by atoms with Crippen molar-refractivity contribution in [1.82, 2.24) is 4.98 Å². The molecule has 0 amide bonds. The summed E-state index contributed by atoms with van der Waals surface area (Å²) in [5.41, 5.74) is 7.93. The van der Waals surface area contributed by atoms with Crippen LogP contribution in [0.5, 0.6) is 0 Å². The molecule has 0 saturated carbocycles. The monoisotopic (exact) mass is 282 g/mol. The van der Waals surface area contributed by atoms with E-state index in [4.69, 9.17) is 19.6 Å². The van der Waals surface area contributed by atoms with E-state index in [1.54, 1.807) is 24.9 Å². The Bertz CT molecular complexity index is 516. The first-order valence-corrected chi connectivity index (χ1v) is 7.13. The van der Waals surface area contributed by atoms with Crippen molar-refractivity contribution < 1.29 is 13.9 Å². The van der Waals surface area contributed by atoms with Crippen molar-refractivity contribution in [2.24, 2.45) is 0 Å². The molecule has 0 aliphatic heterocycles. The standard InChI is InChI=1S/C13H18N2O3S/c1-16-5-2-6-17-7-8-19-13-15-11-4-3-10(14)9-12(11)18-13/h3-4,9H,2,5-8,14H2,1H3.